The average molecular weight is 813 g/mol. The molecule has 302 valence electrons. The Kier molecular flexibility index (Phi) is 11.9. The van der Waals surface area contributed by atoms with Crippen molar-refractivity contribution < 1.29 is 28.9 Å². The van der Waals surface area contributed by atoms with Gasteiger partial charge in [0.25, 0.3) is 11.8 Å². The molecule has 0 radical (unpaired) electrons. The number of rotatable bonds is 13. The van der Waals surface area contributed by atoms with Crippen LogP contribution in [0.15, 0.2) is 114 Å². The number of amides is 3. The number of aliphatic imine (C=N–C) groups is 1. The van der Waals surface area contributed by atoms with Gasteiger partial charge in [-0.3, -0.25) is 9.59 Å². The van der Waals surface area contributed by atoms with Crippen LogP contribution in [0.4, 0.5) is 4.79 Å². The van der Waals surface area contributed by atoms with E-state index in [9.17, 15) is 14.4 Å². The van der Waals surface area contributed by atoms with E-state index in [1.54, 1.807) is 16.2 Å². The number of carbonyl (C=O) groups excluding carboxylic acids is 3. The lowest BCUT2D eigenvalue weighted by Gasteiger charge is -2.28. The van der Waals surface area contributed by atoms with Crippen LogP contribution in [0.1, 0.15) is 72.6 Å². The summed E-state index contributed by atoms with van der Waals surface area (Å²) >= 11 is 1.65. The fourth-order valence-corrected chi connectivity index (χ4v) is 8.83. The molecule has 4 atom stereocenters. The first-order valence-corrected chi connectivity index (χ1v) is 20.3. The molecule has 2 fully saturated rings. The smallest absolute Gasteiger partial charge is 0.407 e. The van der Waals surface area contributed by atoms with Gasteiger partial charge in [-0.05, 0) is 60.1 Å². The van der Waals surface area contributed by atoms with Crippen molar-refractivity contribution in [3.05, 3.63) is 132 Å². The van der Waals surface area contributed by atoms with Crippen LogP contribution in [-0.4, -0.2) is 81.4 Å². The number of nitrogens with one attached hydrogen (secondary N) is 3. The largest absolute Gasteiger partial charge is 0.453 e. The van der Waals surface area contributed by atoms with E-state index >= 15 is 0 Å². The molecule has 0 bridgehead atoms. The minimum Gasteiger partial charge on any atom is -0.453 e. The Balaban J connectivity index is 0.938. The Morgan fingerprint density at radius 3 is 1.97 bits per heavy atom. The molecule has 2 aliphatic rings. The van der Waals surface area contributed by atoms with Crippen molar-refractivity contribution in [2.75, 3.05) is 27.3 Å². The van der Waals surface area contributed by atoms with E-state index in [0.717, 1.165) is 75.7 Å². The summed E-state index contributed by atoms with van der Waals surface area (Å²) in [5.74, 6) is 1.11. The molecular formula is C44H44N8O6S. The van der Waals surface area contributed by atoms with Crippen LogP contribution in [0.3, 0.4) is 0 Å². The number of methoxy groups -OCH3 is 1. The molecule has 59 heavy (non-hydrogen) atoms. The van der Waals surface area contributed by atoms with Gasteiger partial charge in [0, 0.05) is 18.0 Å². The van der Waals surface area contributed by atoms with Gasteiger partial charge in [-0.2, -0.15) is 4.89 Å². The second-order valence-corrected chi connectivity index (χ2v) is 15.4. The van der Waals surface area contributed by atoms with Crippen LogP contribution in [0.2, 0.25) is 0 Å². The molecule has 15 heteroatoms. The SMILES string of the molecule is COO/C=N\[C@@H](C(=O)N1CCC[C@H]1c1ncc(-c2ccc(-c3ccc(-c4cnc([C@@H]5CCCN5C(=O)[C@@H](NC(=O)OC)c5ccccc5)[nH]4)s3)cc2)[nH]1)c1ccccc1. The fourth-order valence-electron chi connectivity index (χ4n) is 7.85. The van der Waals surface area contributed by atoms with Crippen LogP contribution >= 0.6 is 11.3 Å². The number of carbonyl (C=O) groups is 3. The monoisotopic (exact) mass is 812 g/mol. The third-order valence-corrected chi connectivity index (χ3v) is 11.9. The topological polar surface area (TPSA) is 167 Å². The number of likely N-dealkylation sites (tertiary alicyclic amines) is 2. The lowest BCUT2D eigenvalue weighted by atomic mass is 10.1. The highest BCUT2D eigenvalue weighted by atomic mass is 32.1. The maximum atomic E-state index is 13.9. The first kappa shape index (κ1) is 39.3. The number of thiophene rings is 1. The Morgan fingerprint density at radius 1 is 0.746 bits per heavy atom. The molecule has 6 aromatic rings. The van der Waals surface area contributed by atoms with Gasteiger partial charge in [0.1, 0.15) is 17.7 Å². The van der Waals surface area contributed by atoms with Crippen molar-refractivity contribution in [2.24, 2.45) is 4.99 Å². The van der Waals surface area contributed by atoms with Crippen molar-refractivity contribution in [1.82, 2.24) is 35.1 Å². The molecule has 5 heterocycles. The lowest BCUT2D eigenvalue weighted by molar-refractivity contribution is -0.188. The van der Waals surface area contributed by atoms with E-state index in [2.05, 4.69) is 61.6 Å². The van der Waals surface area contributed by atoms with Gasteiger partial charge in [0.2, 0.25) is 6.40 Å². The van der Waals surface area contributed by atoms with E-state index in [1.807, 2.05) is 78.0 Å². The minimum atomic E-state index is -0.879. The van der Waals surface area contributed by atoms with Crippen molar-refractivity contribution in [1.29, 1.82) is 0 Å². The summed E-state index contributed by atoms with van der Waals surface area (Å²) < 4.78 is 4.83. The number of aromatic amines is 2. The van der Waals surface area contributed by atoms with Crippen molar-refractivity contribution in [3.63, 3.8) is 0 Å². The second-order valence-electron chi connectivity index (χ2n) is 14.3. The van der Waals surface area contributed by atoms with Crippen LogP contribution in [-0.2, 0) is 24.1 Å². The number of benzene rings is 3. The van der Waals surface area contributed by atoms with E-state index in [0.29, 0.717) is 24.5 Å². The number of alkyl carbamates (subject to hydrolysis) is 1. The average Bonchev–Trinajstić information content (AvgIpc) is 4.13. The van der Waals surface area contributed by atoms with Gasteiger partial charge < -0.3 is 34.7 Å². The number of nitrogens with zero attached hydrogens (tertiary/aromatic N) is 5. The summed E-state index contributed by atoms with van der Waals surface area (Å²) in [4.78, 5) is 76.2. The predicted octanol–water partition coefficient (Wildman–Crippen LogP) is 7.97. The van der Waals surface area contributed by atoms with Gasteiger partial charge in [-0.25, -0.2) is 19.8 Å². The second kappa shape index (κ2) is 17.9. The number of aromatic nitrogens is 4. The zero-order valence-electron chi connectivity index (χ0n) is 32.6. The standard InChI is InChI=1S/C44H44N8O6S/c1-56-44(55)50-39(31-13-7-4-8-14-31)43(54)52-24-10-16-35(52)41-46-26-33(49-41)37-22-21-36(59-37)29-19-17-28(18-20-29)32-25-45-40(48-32)34-15-9-23-51(34)42(53)38(47-27-58-57-2)30-11-5-3-6-12-30/h3-8,11-14,17-22,25-27,34-35,38-39H,9-10,15-16,23-24H2,1-2H3,(H,45,48)(H,46,49)(H,50,55)/b47-27-/t34-,35-,38+,39-/m0/s1. The van der Waals surface area contributed by atoms with Crippen LogP contribution < -0.4 is 5.32 Å². The Hall–Kier alpha value is -6.58. The molecule has 0 aliphatic carbocycles. The number of ether oxygens (including phenoxy) is 1. The Morgan fingerprint density at radius 2 is 1.32 bits per heavy atom. The minimum absolute atomic E-state index is 0.128. The molecule has 0 saturated carbocycles. The highest BCUT2D eigenvalue weighted by Crippen LogP contribution is 2.39. The highest BCUT2D eigenvalue weighted by molar-refractivity contribution is 7.18. The zero-order valence-corrected chi connectivity index (χ0v) is 33.4. The molecule has 2 saturated heterocycles. The summed E-state index contributed by atoms with van der Waals surface area (Å²) in [5, 5.41) is 2.72. The summed E-state index contributed by atoms with van der Waals surface area (Å²) in [6.07, 6.45) is 7.34. The molecule has 2 aliphatic heterocycles. The molecular weight excluding hydrogens is 769 g/mol. The Labute approximate surface area is 345 Å². The normalized spacial score (nSPS) is 17.6. The summed E-state index contributed by atoms with van der Waals surface area (Å²) in [7, 11) is 2.67. The van der Waals surface area contributed by atoms with Gasteiger partial charge in [-0.15, -0.1) is 11.3 Å². The molecule has 14 nitrogen and oxygen atoms in total. The van der Waals surface area contributed by atoms with Crippen molar-refractivity contribution >= 4 is 35.6 Å². The first-order valence-electron chi connectivity index (χ1n) is 19.5. The van der Waals surface area contributed by atoms with E-state index < -0.39 is 18.2 Å². The number of hydrogen-bond acceptors (Lipinski definition) is 10. The zero-order chi connectivity index (χ0) is 40.7. The molecule has 3 N–H and O–H groups in total. The Bertz CT molecular complexity index is 2400. The van der Waals surface area contributed by atoms with Crippen LogP contribution in [0, 0.1) is 0 Å². The predicted molar refractivity (Wildman–Crippen MR) is 223 cm³/mol. The third kappa shape index (κ3) is 8.52. The number of imidazole rings is 2. The number of hydrogen-bond donors (Lipinski definition) is 3. The third-order valence-electron chi connectivity index (χ3n) is 10.8. The summed E-state index contributed by atoms with van der Waals surface area (Å²) in [6, 6.07) is 29.0. The molecule has 8 rings (SSSR count). The van der Waals surface area contributed by atoms with E-state index in [-0.39, 0.29) is 23.9 Å². The quantitative estimate of drug-likeness (QED) is 0.0457. The van der Waals surface area contributed by atoms with E-state index in [1.165, 1.54) is 14.2 Å². The molecule has 3 aromatic heterocycles. The van der Waals surface area contributed by atoms with Gasteiger partial charge in [-0.1, -0.05) is 84.9 Å². The van der Waals surface area contributed by atoms with Crippen molar-refractivity contribution in [3.8, 4) is 32.3 Å². The maximum Gasteiger partial charge on any atom is 0.407 e. The molecule has 3 amide bonds. The summed E-state index contributed by atoms with van der Waals surface area (Å²) in [5.41, 5.74) is 5.23. The van der Waals surface area contributed by atoms with Gasteiger partial charge in [0.05, 0.1) is 55.0 Å². The van der Waals surface area contributed by atoms with Crippen LogP contribution in [0.25, 0.3) is 32.3 Å². The number of H-pyrrole nitrogens is 2. The fraction of sp³-hybridized carbons (Fsp3) is 0.273. The first-order chi connectivity index (χ1) is 28.9. The van der Waals surface area contributed by atoms with Crippen molar-refractivity contribution in [2.45, 2.75) is 49.9 Å². The molecule has 0 unspecified atom stereocenters. The lowest BCUT2D eigenvalue weighted by Crippen LogP contribution is -2.42. The summed E-state index contributed by atoms with van der Waals surface area (Å²) in [6.45, 7) is 1.16. The van der Waals surface area contributed by atoms with Gasteiger partial charge in [0.15, 0.2) is 6.04 Å². The molecule has 0 spiro atoms. The van der Waals surface area contributed by atoms with E-state index in [4.69, 9.17) is 19.6 Å². The highest BCUT2D eigenvalue weighted by Gasteiger charge is 2.38. The molecule has 3 aromatic carbocycles. The maximum absolute atomic E-state index is 13.9. The van der Waals surface area contributed by atoms with Crippen LogP contribution in [0.5, 0.6) is 0 Å². The van der Waals surface area contributed by atoms with Gasteiger partial charge >= 0.3 is 6.09 Å².